The molecule has 0 amide bonds. The maximum absolute atomic E-state index is 12.7. The van der Waals surface area contributed by atoms with Gasteiger partial charge in [-0.2, -0.15) is 0 Å². The second kappa shape index (κ2) is 7.34. The summed E-state index contributed by atoms with van der Waals surface area (Å²) in [6, 6.07) is 7.44. The largest absolute Gasteiger partial charge is 0.462 e. The maximum atomic E-state index is 12.7. The zero-order chi connectivity index (χ0) is 17.9. The fraction of sp³-hybridized carbons (Fsp3) is 0.368. The van der Waals surface area contributed by atoms with Crippen LogP contribution in [0.3, 0.4) is 0 Å². The molecule has 0 radical (unpaired) electrons. The molecule has 24 heavy (non-hydrogen) atoms. The van der Waals surface area contributed by atoms with Gasteiger partial charge in [0.1, 0.15) is 0 Å². The first kappa shape index (κ1) is 17.8. The van der Waals surface area contributed by atoms with E-state index in [0.29, 0.717) is 29.1 Å². The van der Waals surface area contributed by atoms with Crippen molar-refractivity contribution in [2.24, 2.45) is 0 Å². The summed E-state index contributed by atoms with van der Waals surface area (Å²) in [5.74, 6) is -0.492. The van der Waals surface area contributed by atoms with Gasteiger partial charge >= 0.3 is 5.97 Å². The number of esters is 1. The molecule has 2 N–H and O–H groups in total. The smallest absolute Gasteiger partial charge is 0.340 e. The van der Waals surface area contributed by atoms with E-state index in [-0.39, 0.29) is 5.78 Å². The number of H-pyrrole nitrogens is 1. The third-order valence-corrected chi connectivity index (χ3v) is 3.99. The summed E-state index contributed by atoms with van der Waals surface area (Å²) in [5.41, 5.74) is 4.22. The standard InChI is InChI=1S/C19H24N2O3/c1-6-24-19(23)16-12(3)17(21-13(16)4)18(22)14(5)20-15-9-7-11(2)8-10-15/h7-10,14,20-21H,6H2,1-5H3/t14-/m1/s1. The van der Waals surface area contributed by atoms with E-state index in [9.17, 15) is 9.59 Å². The van der Waals surface area contributed by atoms with E-state index in [1.807, 2.05) is 38.1 Å². The summed E-state index contributed by atoms with van der Waals surface area (Å²) in [4.78, 5) is 27.8. The van der Waals surface area contributed by atoms with Crippen LogP contribution < -0.4 is 5.32 Å². The number of hydrogen-bond donors (Lipinski definition) is 2. The molecule has 5 nitrogen and oxygen atoms in total. The van der Waals surface area contributed by atoms with Crippen LogP contribution >= 0.6 is 0 Å². The number of aromatic amines is 1. The molecule has 128 valence electrons. The fourth-order valence-electron chi connectivity index (χ4n) is 2.69. The van der Waals surface area contributed by atoms with Crippen LogP contribution in [0.4, 0.5) is 5.69 Å². The Morgan fingerprint density at radius 1 is 1.17 bits per heavy atom. The molecule has 5 heteroatoms. The molecule has 0 unspecified atom stereocenters. The number of aromatic nitrogens is 1. The molecule has 1 aromatic carbocycles. The number of carbonyl (C=O) groups is 2. The van der Waals surface area contributed by atoms with Crippen LogP contribution in [0.5, 0.6) is 0 Å². The Hall–Kier alpha value is -2.56. The van der Waals surface area contributed by atoms with Gasteiger partial charge in [-0.25, -0.2) is 4.79 Å². The minimum atomic E-state index is -0.417. The first-order valence-electron chi connectivity index (χ1n) is 8.08. The summed E-state index contributed by atoms with van der Waals surface area (Å²) in [6.07, 6.45) is 0. The predicted molar refractivity (Wildman–Crippen MR) is 94.8 cm³/mol. The van der Waals surface area contributed by atoms with Crippen molar-refractivity contribution in [3.63, 3.8) is 0 Å². The molecule has 2 rings (SSSR count). The lowest BCUT2D eigenvalue weighted by atomic mass is 10.0. The van der Waals surface area contributed by atoms with Crippen LogP contribution in [-0.4, -0.2) is 29.4 Å². The van der Waals surface area contributed by atoms with E-state index in [1.165, 1.54) is 0 Å². The van der Waals surface area contributed by atoms with Crippen molar-refractivity contribution in [1.82, 2.24) is 4.98 Å². The topological polar surface area (TPSA) is 71.2 Å². The van der Waals surface area contributed by atoms with Gasteiger partial charge in [0.15, 0.2) is 0 Å². The molecule has 0 fully saturated rings. The molecule has 0 aliphatic heterocycles. The van der Waals surface area contributed by atoms with E-state index in [2.05, 4.69) is 10.3 Å². The van der Waals surface area contributed by atoms with E-state index in [1.54, 1.807) is 20.8 Å². The van der Waals surface area contributed by atoms with Gasteiger partial charge in [0.2, 0.25) is 5.78 Å². The minimum Gasteiger partial charge on any atom is -0.462 e. The molecule has 0 saturated heterocycles. The molecular formula is C19H24N2O3. The van der Waals surface area contributed by atoms with Crippen LogP contribution in [-0.2, 0) is 4.74 Å². The number of aryl methyl sites for hydroxylation is 2. The van der Waals surface area contributed by atoms with Crippen LogP contribution in [0, 0.1) is 20.8 Å². The number of rotatable bonds is 6. The second-order valence-electron chi connectivity index (χ2n) is 5.94. The summed E-state index contributed by atoms with van der Waals surface area (Å²) in [5, 5.41) is 3.19. The van der Waals surface area contributed by atoms with Crippen molar-refractivity contribution in [3.8, 4) is 0 Å². The van der Waals surface area contributed by atoms with Gasteiger partial charge in [-0.15, -0.1) is 0 Å². The summed E-state index contributed by atoms with van der Waals surface area (Å²) in [6.45, 7) is 9.42. The number of hydrogen-bond acceptors (Lipinski definition) is 4. The van der Waals surface area contributed by atoms with Crippen molar-refractivity contribution < 1.29 is 14.3 Å². The van der Waals surface area contributed by atoms with Crippen molar-refractivity contribution in [2.45, 2.75) is 40.7 Å². The molecule has 0 spiro atoms. The molecular weight excluding hydrogens is 304 g/mol. The Bertz CT molecular complexity index is 745. The lowest BCUT2D eigenvalue weighted by Crippen LogP contribution is -2.27. The number of ether oxygens (including phenoxy) is 1. The molecule has 0 bridgehead atoms. The predicted octanol–water partition coefficient (Wildman–Crippen LogP) is 3.80. The SMILES string of the molecule is CCOC(=O)c1c(C)[nH]c(C(=O)[C@@H](C)Nc2ccc(C)cc2)c1C. The van der Waals surface area contributed by atoms with Crippen molar-refractivity contribution in [3.05, 3.63) is 52.3 Å². The number of nitrogens with one attached hydrogen (secondary N) is 2. The number of Topliss-reactive ketones (excluding diaryl/α,β-unsaturated/α-hetero) is 1. The first-order chi connectivity index (χ1) is 11.3. The number of benzene rings is 1. The summed E-state index contributed by atoms with van der Waals surface area (Å²) < 4.78 is 5.06. The van der Waals surface area contributed by atoms with E-state index < -0.39 is 12.0 Å². The molecule has 2 aromatic rings. The van der Waals surface area contributed by atoms with Gasteiger partial charge in [0.05, 0.1) is 23.9 Å². The van der Waals surface area contributed by atoms with Gasteiger partial charge in [-0.05, 0) is 52.3 Å². The van der Waals surface area contributed by atoms with Crippen molar-refractivity contribution in [2.75, 3.05) is 11.9 Å². The zero-order valence-corrected chi connectivity index (χ0v) is 14.8. The van der Waals surface area contributed by atoms with Gasteiger partial charge in [-0.3, -0.25) is 4.79 Å². The van der Waals surface area contributed by atoms with Crippen molar-refractivity contribution in [1.29, 1.82) is 0 Å². The highest BCUT2D eigenvalue weighted by molar-refractivity contribution is 6.04. The average Bonchev–Trinajstić information content (AvgIpc) is 2.83. The highest BCUT2D eigenvalue weighted by Crippen LogP contribution is 2.21. The maximum Gasteiger partial charge on any atom is 0.340 e. The van der Waals surface area contributed by atoms with Crippen LogP contribution in [0.15, 0.2) is 24.3 Å². The quantitative estimate of drug-likeness (QED) is 0.625. The van der Waals surface area contributed by atoms with E-state index >= 15 is 0 Å². The molecule has 0 saturated carbocycles. The second-order valence-corrected chi connectivity index (χ2v) is 5.94. The van der Waals surface area contributed by atoms with E-state index in [0.717, 1.165) is 11.3 Å². The van der Waals surface area contributed by atoms with E-state index in [4.69, 9.17) is 4.74 Å². The van der Waals surface area contributed by atoms with Gasteiger partial charge < -0.3 is 15.0 Å². The Kier molecular flexibility index (Phi) is 5.44. The molecule has 1 atom stereocenters. The normalized spacial score (nSPS) is 11.9. The number of ketones is 1. The summed E-state index contributed by atoms with van der Waals surface area (Å²) in [7, 11) is 0. The lowest BCUT2D eigenvalue weighted by molar-refractivity contribution is 0.0525. The molecule has 1 aromatic heterocycles. The number of carbonyl (C=O) groups excluding carboxylic acids is 2. The Balaban J connectivity index is 2.21. The molecule has 0 aliphatic rings. The summed E-state index contributed by atoms with van der Waals surface area (Å²) >= 11 is 0. The third-order valence-electron chi connectivity index (χ3n) is 3.99. The third kappa shape index (κ3) is 3.67. The molecule has 0 aliphatic carbocycles. The average molecular weight is 328 g/mol. The molecule has 1 heterocycles. The number of anilines is 1. The Morgan fingerprint density at radius 2 is 1.79 bits per heavy atom. The van der Waals surface area contributed by atoms with Crippen molar-refractivity contribution >= 4 is 17.4 Å². The van der Waals surface area contributed by atoms with Gasteiger partial charge in [0, 0.05) is 11.4 Å². The lowest BCUT2D eigenvalue weighted by Gasteiger charge is -2.14. The van der Waals surface area contributed by atoms with Crippen LogP contribution in [0.25, 0.3) is 0 Å². The van der Waals surface area contributed by atoms with Crippen LogP contribution in [0.2, 0.25) is 0 Å². The van der Waals surface area contributed by atoms with Crippen LogP contribution in [0.1, 0.15) is 51.5 Å². The highest BCUT2D eigenvalue weighted by atomic mass is 16.5. The van der Waals surface area contributed by atoms with Gasteiger partial charge in [0.25, 0.3) is 0 Å². The zero-order valence-electron chi connectivity index (χ0n) is 14.8. The van der Waals surface area contributed by atoms with Gasteiger partial charge in [-0.1, -0.05) is 17.7 Å². The Morgan fingerprint density at radius 3 is 2.38 bits per heavy atom. The Labute approximate surface area is 142 Å². The monoisotopic (exact) mass is 328 g/mol. The minimum absolute atomic E-state index is 0.0910. The fourth-order valence-corrected chi connectivity index (χ4v) is 2.69. The highest BCUT2D eigenvalue weighted by Gasteiger charge is 2.25. The first-order valence-corrected chi connectivity index (χ1v) is 8.08.